The highest BCUT2D eigenvalue weighted by Gasteiger charge is 2.27. The van der Waals surface area contributed by atoms with Crippen molar-refractivity contribution < 1.29 is 23.1 Å². The molecule has 0 saturated carbocycles. The number of fused-ring (bicyclic) bond motifs is 1. The minimum absolute atomic E-state index is 0.0280. The lowest BCUT2D eigenvalue weighted by Gasteiger charge is -2.23. The maximum absolute atomic E-state index is 13.1. The van der Waals surface area contributed by atoms with E-state index >= 15 is 0 Å². The normalized spacial score (nSPS) is 11.3. The van der Waals surface area contributed by atoms with E-state index in [2.05, 4.69) is 0 Å². The van der Waals surface area contributed by atoms with E-state index in [1.165, 1.54) is 25.3 Å². The molecule has 0 saturated heterocycles. The van der Waals surface area contributed by atoms with Gasteiger partial charge in [-0.3, -0.25) is 9.10 Å². The van der Waals surface area contributed by atoms with Gasteiger partial charge in [0.15, 0.2) is 0 Å². The largest absolute Gasteiger partial charge is 0.497 e. The van der Waals surface area contributed by atoms with Crippen LogP contribution >= 0.6 is 0 Å². The fourth-order valence-electron chi connectivity index (χ4n) is 2.66. The van der Waals surface area contributed by atoms with Crippen molar-refractivity contribution in [3.05, 3.63) is 66.7 Å². The smallest absolute Gasteiger partial charge is 0.324 e. The Morgan fingerprint density at radius 1 is 1.00 bits per heavy atom. The minimum atomic E-state index is -4.07. The van der Waals surface area contributed by atoms with Gasteiger partial charge in [-0.15, -0.1) is 0 Å². The Balaban J connectivity index is 2.12. The van der Waals surface area contributed by atoms with Gasteiger partial charge in [-0.25, -0.2) is 8.42 Å². The molecule has 0 aliphatic heterocycles. The molecule has 0 amide bonds. The lowest BCUT2D eigenvalue weighted by atomic mass is 10.1. The number of nitrogens with zero attached hydrogens (tertiary/aromatic N) is 1. The summed E-state index contributed by atoms with van der Waals surface area (Å²) in [6.07, 6.45) is 0. The highest BCUT2D eigenvalue weighted by atomic mass is 32.2. The third-order valence-corrected chi connectivity index (χ3v) is 5.70. The van der Waals surface area contributed by atoms with Crippen LogP contribution in [-0.2, 0) is 14.8 Å². The van der Waals surface area contributed by atoms with E-state index in [1.807, 2.05) is 18.2 Å². The highest BCUT2D eigenvalue weighted by Crippen LogP contribution is 2.28. The molecule has 134 valence electrons. The van der Waals surface area contributed by atoms with Gasteiger partial charge in [0, 0.05) is 6.07 Å². The van der Waals surface area contributed by atoms with Gasteiger partial charge in [0.05, 0.1) is 17.7 Å². The number of sulfonamides is 1. The standard InChI is InChI=1S/C19H17NO5S/c1-25-17-8-4-7-16(12-17)20(13-19(21)22)26(23,24)18-10-9-14-5-2-3-6-15(14)11-18/h2-12H,13H2,1H3,(H,21,22). The molecule has 0 radical (unpaired) electrons. The molecular weight excluding hydrogens is 354 g/mol. The first-order chi connectivity index (χ1) is 12.4. The predicted octanol–water partition coefficient (Wildman–Crippen LogP) is 3.13. The average Bonchev–Trinajstić information content (AvgIpc) is 2.65. The topological polar surface area (TPSA) is 83.9 Å². The summed E-state index contributed by atoms with van der Waals surface area (Å²) in [6.45, 7) is -0.692. The lowest BCUT2D eigenvalue weighted by molar-refractivity contribution is -0.135. The molecule has 3 rings (SSSR count). The Kier molecular flexibility index (Phi) is 4.81. The Morgan fingerprint density at radius 2 is 1.73 bits per heavy atom. The fourth-order valence-corrected chi connectivity index (χ4v) is 4.10. The Hall–Kier alpha value is -3.06. The number of aliphatic carboxylic acids is 1. The van der Waals surface area contributed by atoms with Crippen molar-refractivity contribution in [1.29, 1.82) is 0 Å². The molecular formula is C19H17NO5S. The molecule has 0 unspecified atom stereocenters. The molecule has 0 aromatic heterocycles. The number of methoxy groups -OCH3 is 1. The Morgan fingerprint density at radius 3 is 2.42 bits per heavy atom. The lowest BCUT2D eigenvalue weighted by Crippen LogP contribution is -2.35. The summed E-state index contributed by atoms with van der Waals surface area (Å²) in [5.74, 6) is -0.816. The second-order valence-electron chi connectivity index (χ2n) is 5.62. The summed E-state index contributed by atoms with van der Waals surface area (Å²) >= 11 is 0. The SMILES string of the molecule is COc1cccc(N(CC(=O)O)S(=O)(=O)c2ccc3ccccc3c2)c1. The first kappa shape index (κ1) is 17.8. The minimum Gasteiger partial charge on any atom is -0.497 e. The van der Waals surface area contributed by atoms with Gasteiger partial charge in [0.2, 0.25) is 0 Å². The van der Waals surface area contributed by atoms with Crippen LogP contribution in [0.25, 0.3) is 10.8 Å². The van der Waals surface area contributed by atoms with Gasteiger partial charge in [0.25, 0.3) is 10.0 Å². The summed E-state index contributed by atoms with van der Waals surface area (Å²) in [7, 11) is -2.61. The van der Waals surface area contributed by atoms with Crippen LogP contribution in [0.3, 0.4) is 0 Å². The van der Waals surface area contributed by atoms with E-state index in [0.29, 0.717) is 5.75 Å². The van der Waals surface area contributed by atoms with Crippen LogP contribution in [0.5, 0.6) is 5.75 Å². The number of hydrogen-bond donors (Lipinski definition) is 1. The van der Waals surface area contributed by atoms with Crippen molar-refractivity contribution in [3.63, 3.8) is 0 Å². The summed E-state index contributed by atoms with van der Waals surface area (Å²) in [4.78, 5) is 11.3. The van der Waals surface area contributed by atoms with E-state index in [4.69, 9.17) is 4.74 Å². The van der Waals surface area contributed by atoms with Gasteiger partial charge < -0.3 is 9.84 Å². The van der Waals surface area contributed by atoms with Crippen molar-refractivity contribution in [2.24, 2.45) is 0 Å². The summed E-state index contributed by atoms with van der Waals surface area (Å²) in [5, 5.41) is 10.9. The number of hydrogen-bond acceptors (Lipinski definition) is 4. The first-order valence-corrected chi connectivity index (χ1v) is 9.23. The van der Waals surface area contributed by atoms with E-state index in [1.54, 1.807) is 30.3 Å². The maximum atomic E-state index is 13.1. The molecule has 3 aromatic rings. The third kappa shape index (κ3) is 3.48. The molecule has 0 aliphatic carbocycles. The van der Waals surface area contributed by atoms with Crippen molar-refractivity contribution in [2.75, 3.05) is 18.0 Å². The molecule has 0 fully saturated rings. The van der Waals surface area contributed by atoms with Gasteiger partial charge in [-0.05, 0) is 35.0 Å². The Labute approximate surface area is 151 Å². The van der Waals surface area contributed by atoms with Gasteiger partial charge in [-0.2, -0.15) is 0 Å². The zero-order chi connectivity index (χ0) is 18.7. The second-order valence-corrected chi connectivity index (χ2v) is 7.48. The quantitative estimate of drug-likeness (QED) is 0.720. The number of rotatable bonds is 6. The fraction of sp³-hybridized carbons (Fsp3) is 0.105. The first-order valence-electron chi connectivity index (χ1n) is 7.79. The van der Waals surface area contributed by atoms with E-state index < -0.39 is 22.5 Å². The van der Waals surface area contributed by atoms with E-state index in [9.17, 15) is 18.3 Å². The van der Waals surface area contributed by atoms with Crippen molar-refractivity contribution >= 4 is 32.5 Å². The van der Waals surface area contributed by atoms with Crippen LogP contribution < -0.4 is 9.04 Å². The highest BCUT2D eigenvalue weighted by molar-refractivity contribution is 7.92. The van der Waals surface area contributed by atoms with Crippen LogP contribution in [0.1, 0.15) is 0 Å². The Bertz CT molecular complexity index is 1060. The number of anilines is 1. The molecule has 0 spiro atoms. The summed E-state index contributed by atoms with van der Waals surface area (Å²) < 4.78 is 32.2. The number of carbonyl (C=O) groups is 1. The number of benzene rings is 3. The summed E-state index contributed by atoms with van der Waals surface area (Å²) in [6, 6.07) is 18.4. The molecule has 6 nitrogen and oxygen atoms in total. The van der Waals surface area contributed by atoms with Crippen molar-refractivity contribution in [1.82, 2.24) is 0 Å². The van der Waals surface area contributed by atoms with Crippen LogP contribution in [0, 0.1) is 0 Å². The molecule has 0 aliphatic rings. The van der Waals surface area contributed by atoms with Gasteiger partial charge in [0.1, 0.15) is 12.3 Å². The number of ether oxygens (including phenoxy) is 1. The number of carboxylic acids is 1. The van der Waals surface area contributed by atoms with Gasteiger partial charge in [-0.1, -0.05) is 36.4 Å². The number of carboxylic acid groups (broad SMARTS) is 1. The molecule has 7 heteroatoms. The zero-order valence-corrected chi connectivity index (χ0v) is 14.8. The molecule has 1 N–H and O–H groups in total. The summed E-state index contributed by atoms with van der Waals surface area (Å²) in [5.41, 5.74) is 0.222. The van der Waals surface area contributed by atoms with Gasteiger partial charge >= 0.3 is 5.97 Å². The van der Waals surface area contributed by atoms with Crippen LogP contribution in [0.4, 0.5) is 5.69 Å². The third-order valence-electron chi connectivity index (χ3n) is 3.93. The van der Waals surface area contributed by atoms with Crippen molar-refractivity contribution in [3.8, 4) is 5.75 Å². The zero-order valence-electron chi connectivity index (χ0n) is 14.0. The second kappa shape index (κ2) is 7.05. The van der Waals surface area contributed by atoms with Crippen molar-refractivity contribution in [2.45, 2.75) is 4.90 Å². The van der Waals surface area contributed by atoms with Crippen LogP contribution in [0.2, 0.25) is 0 Å². The average molecular weight is 371 g/mol. The molecule has 0 bridgehead atoms. The van der Waals surface area contributed by atoms with E-state index in [0.717, 1.165) is 15.1 Å². The molecule has 3 aromatic carbocycles. The predicted molar refractivity (Wildman–Crippen MR) is 99.1 cm³/mol. The maximum Gasteiger partial charge on any atom is 0.324 e. The molecule has 26 heavy (non-hydrogen) atoms. The molecule has 0 atom stereocenters. The molecule has 0 heterocycles. The van der Waals surface area contributed by atoms with E-state index in [-0.39, 0.29) is 10.6 Å². The van der Waals surface area contributed by atoms with Crippen LogP contribution in [0.15, 0.2) is 71.6 Å². The monoisotopic (exact) mass is 371 g/mol. The van der Waals surface area contributed by atoms with Crippen LogP contribution in [-0.4, -0.2) is 33.1 Å².